The summed E-state index contributed by atoms with van der Waals surface area (Å²) in [4.78, 5) is 21.5. The molecule has 0 aliphatic carbocycles. The van der Waals surface area contributed by atoms with Crippen LogP contribution in [0.3, 0.4) is 0 Å². The van der Waals surface area contributed by atoms with Crippen molar-refractivity contribution < 1.29 is 18.0 Å². The van der Waals surface area contributed by atoms with Crippen LogP contribution in [0.5, 0.6) is 0 Å². The molecule has 2 heterocycles. The first kappa shape index (κ1) is 15.7. The van der Waals surface area contributed by atoms with E-state index in [1.807, 2.05) is 0 Å². The molecule has 0 aliphatic heterocycles. The van der Waals surface area contributed by atoms with E-state index in [2.05, 4.69) is 20.4 Å². The van der Waals surface area contributed by atoms with Gasteiger partial charge in [-0.05, 0) is 0 Å². The van der Waals surface area contributed by atoms with Crippen LogP contribution in [0.1, 0.15) is 16.2 Å². The maximum absolute atomic E-state index is 12.6. The van der Waals surface area contributed by atoms with Crippen LogP contribution in [0.4, 0.5) is 24.8 Å². The summed E-state index contributed by atoms with van der Waals surface area (Å²) >= 11 is 0. The topological polar surface area (TPSA) is 75.9 Å². The lowest BCUT2D eigenvalue weighted by Gasteiger charge is -2.10. The third kappa shape index (κ3) is 3.32. The molecule has 7 nitrogen and oxygen atoms in total. The summed E-state index contributed by atoms with van der Waals surface area (Å²) in [5, 5.41) is 5.85. The highest BCUT2D eigenvalue weighted by Gasteiger charge is 2.35. The van der Waals surface area contributed by atoms with Crippen molar-refractivity contribution in [1.82, 2.24) is 19.7 Å². The Morgan fingerprint density at radius 2 is 1.95 bits per heavy atom. The standard InChI is InChI=1S/C12H13F3N6O/c1-20(2)10-6-16-7(5-17-10)11(22)18-9-4-8(12(13,14)15)21(3)19-9/h4-6H,1-3H3,(H,18,19,22). The van der Waals surface area contributed by atoms with E-state index in [4.69, 9.17) is 0 Å². The molecular weight excluding hydrogens is 301 g/mol. The number of hydrogen-bond acceptors (Lipinski definition) is 5. The third-order valence-corrected chi connectivity index (χ3v) is 2.74. The van der Waals surface area contributed by atoms with Crippen molar-refractivity contribution in [2.45, 2.75) is 6.18 Å². The monoisotopic (exact) mass is 314 g/mol. The van der Waals surface area contributed by atoms with Crippen LogP contribution in [0.2, 0.25) is 0 Å². The fourth-order valence-electron chi connectivity index (χ4n) is 1.64. The number of alkyl halides is 3. The minimum atomic E-state index is -4.54. The number of nitrogens with one attached hydrogen (secondary N) is 1. The van der Waals surface area contributed by atoms with Crippen LogP contribution in [-0.2, 0) is 13.2 Å². The summed E-state index contributed by atoms with van der Waals surface area (Å²) in [5.74, 6) is -0.350. The molecular formula is C12H13F3N6O. The maximum atomic E-state index is 12.6. The highest BCUT2D eigenvalue weighted by molar-refractivity contribution is 6.02. The van der Waals surface area contributed by atoms with E-state index in [1.54, 1.807) is 19.0 Å². The highest BCUT2D eigenvalue weighted by Crippen LogP contribution is 2.30. The highest BCUT2D eigenvalue weighted by atomic mass is 19.4. The number of rotatable bonds is 3. The van der Waals surface area contributed by atoms with Gasteiger partial charge in [0.15, 0.2) is 5.82 Å². The number of halogens is 3. The predicted octanol–water partition coefficient (Wildman–Crippen LogP) is 1.55. The Morgan fingerprint density at radius 3 is 2.41 bits per heavy atom. The van der Waals surface area contributed by atoms with E-state index >= 15 is 0 Å². The molecule has 10 heteroatoms. The normalized spacial score (nSPS) is 11.4. The summed E-state index contributed by atoms with van der Waals surface area (Å²) in [6, 6.07) is 0.750. The SMILES string of the molecule is CN(C)c1cnc(C(=O)Nc2cc(C(F)(F)F)n(C)n2)cn1. The molecule has 22 heavy (non-hydrogen) atoms. The molecule has 1 N–H and O–H groups in total. The number of amides is 1. The van der Waals surface area contributed by atoms with Gasteiger partial charge in [0.05, 0.1) is 12.4 Å². The quantitative estimate of drug-likeness (QED) is 0.930. The molecule has 0 spiro atoms. The number of nitrogens with zero attached hydrogens (tertiary/aromatic N) is 5. The Balaban J connectivity index is 2.15. The van der Waals surface area contributed by atoms with Gasteiger partial charge in [-0.1, -0.05) is 0 Å². The van der Waals surface area contributed by atoms with Gasteiger partial charge in [0, 0.05) is 27.2 Å². The average molecular weight is 314 g/mol. The molecule has 0 radical (unpaired) electrons. The van der Waals surface area contributed by atoms with Crippen molar-refractivity contribution in [1.29, 1.82) is 0 Å². The lowest BCUT2D eigenvalue weighted by atomic mass is 10.4. The number of hydrogen-bond donors (Lipinski definition) is 1. The molecule has 0 aliphatic rings. The van der Waals surface area contributed by atoms with E-state index in [9.17, 15) is 18.0 Å². The van der Waals surface area contributed by atoms with Gasteiger partial charge in [0.2, 0.25) is 0 Å². The molecule has 0 fully saturated rings. The van der Waals surface area contributed by atoms with Gasteiger partial charge in [-0.25, -0.2) is 9.97 Å². The summed E-state index contributed by atoms with van der Waals surface area (Å²) in [6.07, 6.45) is -1.93. The molecule has 0 saturated carbocycles. The Kier molecular flexibility index (Phi) is 4.02. The molecule has 2 aromatic rings. The Bertz CT molecular complexity index is 677. The van der Waals surface area contributed by atoms with Crippen LogP contribution in [0, 0.1) is 0 Å². The first-order chi connectivity index (χ1) is 10.2. The molecule has 118 valence electrons. The van der Waals surface area contributed by atoms with Gasteiger partial charge in [0.1, 0.15) is 17.2 Å². The van der Waals surface area contributed by atoms with Gasteiger partial charge >= 0.3 is 6.18 Å². The van der Waals surface area contributed by atoms with E-state index < -0.39 is 17.8 Å². The van der Waals surface area contributed by atoms with Crippen molar-refractivity contribution in [2.75, 3.05) is 24.3 Å². The first-order valence-corrected chi connectivity index (χ1v) is 6.10. The van der Waals surface area contributed by atoms with Crippen LogP contribution in [0.25, 0.3) is 0 Å². The van der Waals surface area contributed by atoms with Crippen LogP contribution < -0.4 is 10.2 Å². The number of aromatic nitrogens is 4. The predicted molar refractivity (Wildman–Crippen MR) is 72.5 cm³/mol. The molecule has 2 aromatic heterocycles. The second-order valence-electron chi connectivity index (χ2n) is 4.64. The lowest BCUT2D eigenvalue weighted by molar-refractivity contribution is -0.143. The summed E-state index contributed by atoms with van der Waals surface area (Å²) in [6.45, 7) is 0. The molecule has 0 atom stereocenters. The van der Waals surface area contributed by atoms with Crippen molar-refractivity contribution >= 4 is 17.5 Å². The second kappa shape index (κ2) is 5.62. The van der Waals surface area contributed by atoms with Gasteiger partial charge in [-0.3, -0.25) is 9.48 Å². The maximum Gasteiger partial charge on any atom is 0.433 e. The van der Waals surface area contributed by atoms with Crippen LogP contribution in [-0.4, -0.2) is 39.8 Å². The van der Waals surface area contributed by atoms with Crippen molar-refractivity contribution in [3.63, 3.8) is 0 Å². The van der Waals surface area contributed by atoms with Crippen LogP contribution >= 0.6 is 0 Å². The zero-order valence-corrected chi connectivity index (χ0v) is 12.0. The van der Waals surface area contributed by atoms with Crippen molar-refractivity contribution in [3.8, 4) is 0 Å². The van der Waals surface area contributed by atoms with Gasteiger partial charge in [0.25, 0.3) is 5.91 Å². The first-order valence-electron chi connectivity index (χ1n) is 6.10. The second-order valence-corrected chi connectivity index (χ2v) is 4.64. The van der Waals surface area contributed by atoms with E-state index in [0.29, 0.717) is 10.5 Å². The Labute approximate surface area is 123 Å². The van der Waals surface area contributed by atoms with E-state index in [1.165, 1.54) is 12.4 Å². The van der Waals surface area contributed by atoms with Crippen LogP contribution in [0.15, 0.2) is 18.5 Å². The van der Waals surface area contributed by atoms with Gasteiger partial charge < -0.3 is 10.2 Å². The number of anilines is 2. The number of carbonyl (C=O) groups is 1. The van der Waals surface area contributed by atoms with Crippen molar-refractivity contribution in [2.24, 2.45) is 7.05 Å². The van der Waals surface area contributed by atoms with Gasteiger partial charge in [-0.15, -0.1) is 0 Å². The minimum absolute atomic E-state index is 0.0233. The van der Waals surface area contributed by atoms with E-state index in [0.717, 1.165) is 13.1 Å². The number of carbonyl (C=O) groups excluding carboxylic acids is 1. The molecule has 2 rings (SSSR count). The average Bonchev–Trinajstić information content (AvgIpc) is 2.79. The van der Waals surface area contributed by atoms with E-state index in [-0.39, 0.29) is 11.5 Å². The largest absolute Gasteiger partial charge is 0.433 e. The lowest BCUT2D eigenvalue weighted by Crippen LogP contribution is -2.16. The minimum Gasteiger partial charge on any atom is -0.361 e. The van der Waals surface area contributed by atoms with Gasteiger partial charge in [-0.2, -0.15) is 18.3 Å². The fourth-order valence-corrected chi connectivity index (χ4v) is 1.64. The summed E-state index contributed by atoms with van der Waals surface area (Å²) < 4.78 is 38.6. The molecule has 1 amide bonds. The molecule has 0 saturated heterocycles. The zero-order valence-electron chi connectivity index (χ0n) is 12.0. The molecule has 0 bridgehead atoms. The Morgan fingerprint density at radius 1 is 1.27 bits per heavy atom. The zero-order chi connectivity index (χ0) is 16.5. The Hall–Kier alpha value is -2.65. The summed E-state index contributed by atoms with van der Waals surface area (Å²) in [7, 11) is 4.66. The number of aryl methyl sites for hydroxylation is 1. The molecule has 0 unspecified atom stereocenters. The molecule has 0 aromatic carbocycles. The smallest absolute Gasteiger partial charge is 0.361 e. The third-order valence-electron chi connectivity index (χ3n) is 2.74. The van der Waals surface area contributed by atoms with Crippen molar-refractivity contribution in [3.05, 3.63) is 29.8 Å². The fraction of sp³-hybridized carbons (Fsp3) is 0.333. The summed E-state index contributed by atoms with van der Waals surface area (Å²) in [5.41, 5.74) is -0.985.